The van der Waals surface area contributed by atoms with E-state index in [9.17, 15) is 4.79 Å². The van der Waals surface area contributed by atoms with Crippen LogP contribution in [-0.2, 0) is 4.79 Å². The monoisotopic (exact) mass is 293 g/mol. The van der Waals surface area contributed by atoms with Crippen molar-refractivity contribution < 1.29 is 4.79 Å². The van der Waals surface area contributed by atoms with Gasteiger partial charge in [0.25, 0.3) is 0 Å². The number of nitrogens with one attached hydrogen (secondary N) is 1. The first-order chi connectivity index (χ1) is 10.1. The van der Waals surface area contributed by atoms with Crippen molar-refractivity contribution in [1.29, 1.82) is 0 Å². The van der Waals surface area contributed by atoms with E-state index in [-0.39, 0.29) is 5.41 Å². The summed E-state index contributed by atoms with van der Waals surface area (Å²) in [6.45, 7) is 10.8. The van der Waals surface area contributed by atoms with Gasteiger partial charge in [0, 0.05) is 31.1 Å². The molecule has 0 saturated carbocycles. The lowest BCUT2D eigenvalue weighted by atomic mass is 9.74. The van der Waals surface area contributed by atoms with Crippen LogP contribution in [0.25, 0.3) is 0 Å². The fraction of sp³-hybridized carbons (Fsp3) is 0.941. The molecule has 0 aromatic heterocycles. The number of carbonyl (C=O) groups excluding carboxylic acids is 1. The predicted octanol–water partition coefficient (Wildman–Crippen LogP) is 1.71. The average Bonchev–Trinajstić information content (AvgIpc) is 2.84. The van der Waals surface area contributed by atoms with Gasteiger partial charge in [-0.25, -0.2) is 0 Å². The summed E-state index contributed by atoms with van der Waals surface area (Å²) in [6, 6.07) is 0.622. The number of nitrogens with zero attached hydrogens (tertiary/aromatic N) is 2. The van der Waals surface area contributed by atoms with E-state index in [2.05, 4.69) is 29.0 Å². The Morgan fingerprint density at radius 2 is 1.90 bits per heavy atom. The topological polar surface area (TPSA) is 35.6 Å². The number of carbonyl (C=O) groups is 1. The minimum atomic E-state index is -0.221. The van der Waals surface area contributed by atoms with E-state index in [1.165, 1.54) is 38.8 Å². The molecule has 0 aliphatic carbocycles. The second kappa shape index (κ2) is 6.25. The molecular formula is C17H31N3O. The molecule has 3 heterocycles. The Morgan fingerprint density at radius 3 is 2.67 bits per heavy atom. The van der Waals surface area contributed by atoms with Gasteiger partial charge >= 0.3 is 0 Å². The van der Waals surface area contributed by atoms with Crippen LogP contribution in [0.1, 0.15) is 46.0 Å². The van der Waals surface area contributed by atoms with E-state index >= 15 is 0 Å². The van der Waals surface area contributed by atoms with Crippen molar-refractivity contribution in [1.82, 2.24) is 15.1 Å². The van der Waals surface area contributed by atoms with Crippen LogP contribution in [0, 0.1) is 11.3 Å². The molecule has 3 aliphatic rings. The lowest BCUT2D eigenvalue weighted by molar-refractivity contribution is -0.144. The van der Waals surface area contributed by atoms with E-state index in [4.69, 9.17) is 0 Å². The molecule has 0 aromatic rings. The highest BCUT2D eigenvalue weighted by molar-refractivity contribution is 5.82. The summed E-state index contributed by atoms with van der Waals surface area (Å²) >= 11 is 0. The molecule has 1 N–H and O–H groups in total. The van der Waals surface area contributed by atoms with Crippen molar-refractivity contribution in [3.63, 3.8) is 0 Å². The van der Waals surface area contributed by atoms with Crippen molar-refractivity contribution in [2.45, 2.75) is 52.0 Å². The number of rotatable bonds is 2. The Kier molecular flexibility index (Phi) is 4.55. The van der Waals surface area contributed by atoms with Crippen LogP contribution >= 0.6 is 0 Å². The lowest BCUT2D eigenvalue weighted by Crippen LogP contribution is -2.50. The second-order valence-electron chi connectivity index (χ2n) is 7.70. The molecular weight excluding hydrogens is 262 g/mol. The van der Waals surface area contributed by atoms with Crippen LogP contribution in [-0.4, -0.2) is 61.0 Å². The van der Waals surface area contributed by atoms with Crippen molar-refractivity contribution in [3.8, 4) is 0 Å². The summed E-state index contributed by atoms with van der Waals surface area (Å²) in [5.74, 6) is 0.881. The summed E-state index contributed by atoms with van der Waals surface area (Å²) < 4.78 is 0. The lowest BCUT2D eigenvalue weighted by Gasteiger charge is -2.40. The number of piperidine rings is 1. The molecule has 3 rings (SSSR count). The highest BCUT2D eigenvalue weighted by Crippen LogP contribution is 2.34. The molecule has 0 bridgehead atoms. The van der Waals surface area contributed by atoms with Crippen molar-refractivity contribution in [2.75, 3.05) is 39.3 Å². The first kappa shape index (κ1) is 15.3. The maximum atomic E-state index is 13.1. The van der Waals surface area contributed by atoms with E-state index in [0.29, 0.717) is 17.9 Å². The zero-order valence-electron chi connectivity index (χ0n) is 13.7. The Bertz CT molecular complexity index is 376. The SMILES string of the molecule is CC(C)(C(=O)N1CCCN2CCCC2C1)C1CCCNC1. The molecule has 0 spiro atoms. The maximum Gasteiger partial charge on any atom is 0.228 e. The predicted molar refractivity (Wildman–Crippen MR) is 85.2 cm³/mol. The van der Waals surface area contributed by atoms with E-state index in [0.717, 1.165) is 32.6 Å². The zero-order valence-corrected chi connectivity index (χ0v) is 13.7. The third-order valence-electron chi connectivity index (χ3n) is 5.96. The van der Waals surface area contributed by atoms with Crippen LogP contribution in [0.3, 0.4) is 0 Å². The second-order valence-corrected chi connectivity index (χ2v) is 7.70. The molecule has 0 aromatic carbocycles. The van der Waals surface area contributed by atoms with Gasteiger partial charge in [0.05, 0.1) is 0 Å². The first-order valence-electron chi connectivity index (χ1n) is 8.83. The fourth-order valence-corrected chi connectivity index (χ4v) is 4.44. The van der Waals surface area contributed by atoms with Crippen molar-refractivity contribution in [2.24, 2.45) is 11.3 Å². The molecule has 120 valence electrons. The highest BCUT2D eigenvalue weighted by Gasteiger charge is 2.41. The van der Waals surface area contributed by atoms with Crippen LogP contribution in [0.4, 0.5) is 0 Å². The Labute approximate surface area is 129 Å². The molecule has 0 radical (unpaired) electrons. The van der Waals surface area contributed by atoms with Gasteiger partial charge in [-0.1, -0.05) is 13.8 Å². The Morgan fingerprint density at radius 1 is 1.10 bits per heavy atom. The van der Waals surface area contributed by atoms with Gasteiger partial charge in [-0.05, 0) is 57.7 Å². The van der Waals surface area contributed by atoms with Crippen LogP contribution < -0.4 is 5.32 Å². The smallest absolute Gasteiger partial charge is 0.228 e. The molecule has 1 amide bonds. The minimum Gasteiger partial charge on any atom is -0.341 e. The minimum absolute atomic E-state index is 0.221. The largest absolute Gasteiger partial charge is 0.341 e. The molecule has 4 nitrogen and oxygen atoms in total. The molecule has 3 aliphatic heterocycles. The summed E-state index contributed by atoms with van der Waals surface area (Å²) in [5, 5.41) is 3.47. The molecule has 2 unspecified atom stereocenters. The number of hydrogen-bond donors (Lipinski definition) is 1. The third kappa shape index (κ3) is 3.11. The summed E-state index contributed by atoms with van der Waals surface area (Å²) in [4.78, 5) is 17.9. The van der Waals surface area contributed by atoms with Gasteiger partial charge in [-0.2, -0.15) is 0 Å². The zero-order chi connectivity index (χ0) is 14.9. The maximum absolute atomic E-state index is 13.1. The molecule has 3 fully saturated rings. The van der Waals surface area contributed by atoms with E-state index < -0.39 is 0 Å². The molecule has 3 saturated heterocycles. The number of fused-ring (bicyclic) bond motifs is 1. The van der Waals surface area contributed by atoms with Crippen molar-refractivity contribution >= 4 is 5.91 Å². The fourth-order valence-electron chi connectivity index (χ4n) is 4.44. The number of hydrogen-bond acceptors (Lipinski definition) is 3. The van der Waals surface area contributed by atoms with Gasteiger partial charge in [-0.15, -0.1) is 0 Å². The van der Waals surface area contributed by atoms with Gasteiger partial charge in [-0.3, -0.25) is 9.69 Å². The Hall–Kier alpha value is -0.610. The summed E-state index contributed by atoms with van der Waals surface area (Å²) in [5.41, 5.74) is -0.221. The number of amides is 1. The van der Waals surface area contributed by atoms with Gasteiger partial charge in [0.1, 0.15) is 0 Å². The van der Waals surface area contributed by atoms with E-state index in [1.54, 1.807) is 0 Å². The van der Waals surface area contributed by atoms with Crippen LogP contribution in [0.2, 0.25) is 0 Å². The normalized spacial score (nSPS) is 31.8. The van der Waals surface area contributed by atoms with Gasteiger partial charge in [0.15, 0.2) is 0 Å². The molecule has 2 atom stereocenters. The Balaban J connectivity index is 1.67. The van der Waals surface area contributed by atoms with Gasteiger partial charge in [0.2, 0.25) is 5.91 Å². The quantitative estimate of drug-likeness (QED) is 0.842. The molecule has 4 heteroatoms. The summed E-state index contributed by atoms with van der Waals surface area (Å²) in [7, 11) is 0. The van der Waals surface area contributed by atoms with Crippen LogP contribution in [0.5, 0.6) is 0 Å². The highest BCUT2D eigenvalue weighted by atomic mass is 16.2. The average molecular weight is 293 g/mol. The standard InChI is InChI=1S/C17H31N3O/c1-17(2,14-6-3-8-18-12-14)16(21)20-11-5-10-19-9-4-7-15(19)13-20/h14-15,18H,3-13H2,1-2H3. The third-order valence-corrected chi connectivity index (χ3v) is 5.96. The van der Waals surface area contributed by atoms with Crippen molar-refractivity contribution in [3.05, 3.63) is 0 Å². The molecule has 21 heavy (non-hydrogen) atoms. The summed E-state index contributed by atoms with van der Waals surface area (Å²) in [6.07, 6.45) is 6.12. The first-order valence-corrected chi connectivity index (χ1v) is 8.83. The van der Waals surface area contributed by atoms with Crippen LogP contribution in [0.15, 0.2) is 0 Å². The van der Waals surface area contributed by atoms with E-state index in [1.807, 2.05) is 0 Å². The van der Waals surface area contributed by atoms with Gasteiger partial charge < -0.3 is 10.2 Å².